The molecule has 1 aromatic rings. The van der Waals surface area contributed by atoms with Crippen molar-refractivity contribution < 1.29 is 12.8 Å². The number of hydrogen-bond acceptors (Lipinski definition) is 4. The highest BCUT2D eigenvalue weighted by Crippen LogP contribution is 2.31. The van der Waals surface area contributed by atoms with E-state index in [4.69, 9.17) is 4.42 Å². The summed E-state index contributed by atoms with van der Waals surface area (Å²) >= 11 is 0. The zero-order chi connectivity index (χ0) is 15.7. The van der Waals surface area contributed by atoms with Crippen LogP contribution in [0.15, 0.2) is 33.3 Å². The molecule has 0 aromatic carbocycles. The average Bonchev–Trinajstić information content (AvgIpc) is 2.88. The summed E-state index contributed by atoms with van der Waals surface area (Å²) in [7, 11) is -1.74. The van der Waals surface area contributed by atoms with E-state index in [1.165, 1.54) is 15.9 Å². The first kappa shape index (κ1) is 16.3. The molecule has 0 saturated heterocycles. The molecule has 0 amide bonds. The van der Waals surface area contributed by atoms with Crippen LogP contribution in [-0.2, 0) is 16.6 Å². The highest BCUT2D eigenvalue weighted by atomic mass is 32.2. The molecule has 0 atom stereocenters. The first-order chi connectivity index (χ1) is 9.75. The second kappa shape index (κ2) is 5.94. The molecule has 0 bridgehead atoms. The third-order valence-corrected chi connectivity index (χ3v) is 5.46. The molecule has 1 N–H and O–H groups in total. The molecule has 5 nitrogen and oxygen atoms in total. The summed E-state index contributed by atoms with van der Waals surface area (Å²) in [5.41, 5.74) is 1.41. The summed E-state index contributed by atoms with van der Waals surface area (Å²) in [5, 5.41) is 2.97. The molecule has 1 aliphatic heterocycles. The van der Waals surface area contributed by atoms with E-state index in [-0.39, 0.29) is 10.5 Å². The minimum Gasteiger partial charge on any atom is -0.447 e. The molecule has 21 heavy (non-hydrogen) atoms. The van der Waals surface area contributed by atoms with Crippen LogP contribution in [0, 0.1) is 5.41 Å². The predicted octanol–water partition coefficient (Wildman–Crippen LogP) is 2.37. The third kappa shape index (κ3) is 3.56. The van der Waals surface area contributed by atoms with Gasteiger partial charge in [-0.05, 0) is 31.0 Å². The van der Waals surface area contributed by atoms with E-state index in [0.29, 0.717) is 25.4 Å². The Balaban J connectivity index is 2.16. The molecule has 0 unspecified atom stereocenters. The van der Waals surface area contributed by atoms with E-state index in [1.807, 2.05) is 6.08 Å². The van der Waals surface area contributed by atoms with Gasteiger partial charge < -0.3 is 9.73 Å². The maximum Gasteiger partial charge on any atom is 0.276 e. The van der Waals surface area contributed by atoms with Crippen molar-refractivity contribution in [3.63, 3.8) is 0 Å². The fraction of sp³-hybridized carbons (Fsp3) is 0.600. The molecule has 2 heterocycles. The number of rotatable bonds is 4. The normalized spacial score (nSPS) is 17.8. The van der Waals surface area contributed by atoms with Crippen LogP contribution < -0.4 is 5.32 Å². The monoisotopic (exact) mass is 312 g/mol. The smallest absolute Gasteiger partial charge is 0.276 e. The quantitative estimate of drug-likeness (QED) is 0.867. The first-order valence-electron chi connectivity index (χ1n) is 7.18. The molecule has 0 radical (unpaired) electrons. The van der Waals surface area contributed by atoms with Gasteiger partial charge in [0.1, 0.15) is 5.76 Å². The summed E-state index contributed by atoms with van der Waals surface area (Å²) in [6.07, 6.45) is 2.80. The van der Waals surface area contributed by atoms with Gasteiger partial charge in [0.25, 0.3) is 10.0 Å². The number of furan rings is 1. The first-order valence-corrected chi connectivity index (χ1v) is 8.62. The summed E-state index contributed by atoms with van der Waals surface area (Å²) < 4.78 is 32.0. The van der Waals surface area contributed by atoms with Gasteiger partial charge in [-0.15, -0.1) is 0 Å². The lowest BCUT2D eigenvalue weighted by molar-refractivity contribution is 0.359. The molecule has 0 saturated carbocycles. The standard InChI is InChI=1S/C15H24N2O3S/c1-15(2,3)12-7-9-17(10-8-12)21(18,19)14-6-5-13(20-14)11-16-4/h5-7,16H,8-11H2,1-4H3. The number of sulfonamides is 1. The Labute approximate surface area is 127 Å². The Morgan fingerprint density at radius 3 is 2.57 bits per heavy atom. The van der Waals surface area contributed by atoms with Crippen LogP contribution in [0.2, 0.25) is 0 Å². The molecule has 2 rings (SSSR count). The van der Waals surface area contributed by atoms with Crippen molar-refractivity contribution in [2.75, 3.05) is 20.1 Å². The number of nitrogens with one attached hydrogen (secondary N) is 1. The lowest BCUT2D eigenvalue weighted by Crippen LogP contribution is -2.36. The lowest BCUT2D eigenvalue weighted by atomic mass is 9.83. The highest BCUT2D eigenvalue weighted by molar-refractivity contribution is 7.89. The molecule has 0 spiro atoms. The predicted molar refractivity (Wildman–Crippen MR) is 82.4 cm³/mol. The van der Waals surface area contributed by atoms with E-state index < -0.39 is 10.0 Å². The average molecular weight is 312 g/mol. The van der Waals surface area contributed by atoms with Crippen LogP contribution in [0.4, 0.5) is 0 Å². The van der Waals surface area contributed by atoms with E-state index in [9.17, 15) is 8.42 Å². The molecular weight excluding hydrogens is 288 g/mol. The SMILES string of the molecule is CNCc1ccc(S(=O)(=O)N2CC=C(C(C)(C)C)CC2)o1. The molecule has 0 fully saturated rings. The molecule has 118 valence electrons. The van der Waals surface area contributed by atoms with Gasteiger partial charge in [-0.3, -0.25) is 0 Å². The second-order valence-electron chi connectivity index (χ2n) is 6.34. The van der Waals surface area contributed by atoms with Gasteiger partial charge in [-0.25, -0.2) is 8.42 Å². The van der Waals surface area contributed by atoms with Crippen molar-refractivity contribution in [2.45, 2.75) is 38.8 Å². The Kier molecular flexibility index (Phi) is 4.60. The van der Waals surface area contributed by atoms with E-state index in [2.05, 4.69) is 26.1 Å². The van der Waals surface area contributed by atoms with E-state index in [0.717, 1.165) is 6.42 Å². The zero-order valence-electron chi connectivity index (χ0n) is 13.1. The Morgan fingerprint density at radius 2 is 2.05 bits per heavy atom. The topological polar surface area (TPSA) is 62.6 Å². The van der Waals surface area contributed by atoms with Crippen molar-refractivity contribution in [2.24, 2.45) is 5.41 Å². The van der Waals surface area contributed by atoms with E-state index in [1.54, 1.807) is 13.1 Å². The zero-order valence-corrected chi connectivity index (χ0v) is 14.0. The minimum atomic E-state index is -3.53. The molecule has 1 aliphatic rings. The van der Waals surface area contributed by atoms with Crippen LogP contribution in [0.25, 0.3) is 0 Å². The van der Waals surface area contributed by atoms with Crippen molar-refractivity contribution in [1.29, 1.82) is 0 Å². The Hall–Kier alpha value is -1.11. The molecule has 0 aliphatic carbocycles. The van der Waals surface area contributed by atoms with Crippen LogP contribution in [0.5, 0.6) is 0 Å². The maximum atomic E-state index is 12.5. The van der Waals surface area contributed by atoms with Crippen molar-refractivity contribution in [3.8, 4) is 0 Å². The fourth-order valence-electron chi connectivity index (χ4n) is 2.44. The third-order valence-electron chi connectivity index (χ3n) is 3.72. The van der Waals surface area contributed by atoms with Crippen molar-refractivity contribution >= 4 is 10.0 Å². The molecule has 1 aromatic heterocycles. The summed E-state index contributed by atoms with van der Waals surface area (Å²) in [4.78, 5) is 0. The molecular formula is C15H24N2O3S. The van der Waals surface area contributed by atoms with Crippen LogP contribution in [-0.4, -0.2) is 32.9 Å². The van der Waals surface area contributed by atoms with Crippen LogP contribution >= 0.6 is 0 Å². The summed E-state index contributed by atoms with van der Waals surface area (Å²) in [6.45, 7) is 7.90. The summed E-state index contributed by atoms with van der Waals surface area (Å²) in [6, 6.07) is 3.23. The largest absolute Gasteiger partial charge is 0.447 e. The Morgan fingerprint density at radius 1 is 1.33 bits per heavy atom. The highest BCUT2D eigenvalue weighted by Gasteiger charge is 2.31. The van der Waals surface area contributed by atoms with Crippen LogP contribution in [0.3, 0.4) is 0 Å². The van der Waals surface area contributed by atoms with Gasteiger partial charge in [0.15, 0.2) is 0 Å². The van der Waals surface area contributed by atoms with Crippen LogP contribution in [0.1, 0.15) is 33.0 Å². The van der Waals surface area contributed by atoms with Gasteiger partial charge in [0.2, 0.25) is 5.09 Å². The second-order valence-corrected chi connectivity index (χ2v) is 8.21. The van der Waals surface area contributed by atoms with Gasteiger partial charge in [0.05, 0.1) is 6.54 Å². The van der Waals surface area contributed by atoms with Crippen molar-refractivity contribution in [1.82, 2.24) is 9.62 Å². The van der Waals surface area contributed by atoms with Gasteiger partial charge in [-0.1, -0.05) is 32.4 Å². The van der Waals surface area contributed by atoms with Crippen molar-refractivity contribution in [3.05, 3.63) is 29.5 Å². The lowest BCUT2D eigenvalue weighted by Gasteiger charge is -2.31. The minimum absolute atomic E-state index is 0.0281. The number of hydrogen-bond donors (Lipinski definition) is 1. The van der Waals surface area contributed by atoms with Gasteiger partial charge in [-0.2, -0.15) is 4.31 Å². The summed E-state index contributed by atoms with van der Waals surface area (Å²) in [5.74, 6) is 0.624. The van der Waals surface area contributed by atoms with Gasteiger partial charge in [0, 0.05) is 13.1 Å². The van der Waals surface area contributed by atoms with Gasteiger partial charge >= 0.3 is 0 Å². The maximum absolute atomic E-state index is 12.5. The fourth-order valence-corrected chi connectivity index (χ4v) is 3.75. The number of nitrogens with zero attached hydrogens (tertiary/aromatic N) is 1. The van der Waals surface area contributed by atoms with E-state index >= 15 is 0 Å². The molecule has 6 heteroatoms. The Bertz CT molecular complexity index is 624.